The van der Waals surface area contributed by atoms with Crippen LogP contribution in [0.1, 0.15) is 17.3 Å². The standard InChI is InChI=1S/C13H15BrN2O3/c1-3-7-15-13(18)16-11-6-5-9(14)8-10(11)12(17)19-4-2/h3,5-6,8H,1,4,7H2,2H3,(H2,15,16,18). The maximum atomic E-state index is 11.8. The first-order valence-corrected chi connectivity index (χ1v) is 6.50. The van der Waals surface area contributed by atoms with Crippen LogP contribution in [0.3, 0.4) is 0 Å². The van der Waals surface area contributed by atoms with Gasteiger partial charge in [-0.2, -0.15) is 0 Å². The monoisotopic (exact) mass is 326 g/mol. The van der Waals surface area contributed by atoms with Gasteiger partial charge in [0.2, 0.25) is 0 Å². The zero-order valence-corrected chi connectivity index (χ0v) is 12.1. The molecule has 0 spiro atoms. The topological polar surface area (TPSA) is 67.4 Å². The second kappa shape index (κ2) is 7.58. The summed E-state index contributed by atoms with van der Waals surface area (Å²) >= 11 is 3.27. The fourth-order valence-electron chi connectivity index (χ4n) is 1.33. The fourth-order valence-corrected chi connectivity index (χ4v) is 1.70. The highest BCUT2D eigenvalue weighted by molar-refractivity contribution is 9.10. The minimum Gasteiger partial charge on any atom is -0.462 e. The fraction of sp³-hybridized carbons (Fsp3) is 0.231. The Bertz CT molecular complexity index is 489. The molecule has 0 unspecified atom stereocenters. The van der Waals surface area contributed by atoms with E-state index in [1.807, 2.05) is 0 Å². The molecule has 1 rings (SSSR count). The van der Waals surface area contributed by atoms with Crippen molar-refractivity contribution < 1.29 is 14.3 Å². The molecule has 1 aromatic rings. The molecule has 0 radical (unpaired) electrons. The Hall–Kier alpha value is -1.82. The van der Waals surface area contributed by atoms with E-state index < -0.39 is 12.0 Å². The van der Waals surface area contributed by atoms with Crippen molar-refractivity contribution in [3.63, 3.8) is 0 Å². The molecule has 1 aromatic carbocycles. The summed E-state index contributed by atoms with van der Waals surface area (Å²) in [6, 6.07) is 4.55. The molecule has 5 nitrogen and oxygen atoms in total. The third-order valence-corrected chi connectivity index (χ3v) is 2.63. The molecule has 2 N–H and O–H groups in total. The summed E-state index contributed by atoms with van der Waals surface area (Å²) < 4.78 is 5.67. The number of halogens is 1. The third-order valence-electron chi connectivity index (χ3n) is 2.13. The summed E-state index contributed by atoms with van der Waals surface area (Å²) in [5, 5.41) is 5.15. The number of hydrogen-bond donors (Lipinski definition) is 2. The highest BCUT2D eigenvalue weighted by Crippen LogP contribution is 2.22. The van der Waals surface area contributed by atoms with Crippen molar-refractivity contribution >= 4 is 33.6 Å². The number of nitrogens with one attached hydrogen (secondary N) is 2. The Kier molecular flexibility index (Phi) is 6.08. The lowest BCUT2D eigenvalue weighted by molar-refractivity contribution is 0.0527. The van der Waals surface area contributed by atoms with Crippen molar-refractivity contribution in [2.24, 2.45) is 0 Å². The number of rotatable bonds is 5. The molecule has 0 heterocycles. The SMILES string of the molecule is C=CCNC(=O)Nc1ccc(Br)cc1C(=O)OCC. The van der Waals surface area contributed by atoms with E-state index in [1.54, 1.807) is 31.2 Å². The van der Waals surface area contributed by atoms with Gasteiger partial charge in [0.1, 0.15) is 0 Å². The summed E-state index contributed by atoms with van der Waals surface area (Å²) in [4.78, 5) is 23.3. The van der Waals surface area contributed by atoms with Gasteiger partial charge >= 0.3 is 12.0 Å². The van der Waals surface area contributed by atoms with Crippen LogP contribution in [-0.4, -0.2) is 25.2 Å². The molecule has 0 aromatic heterocycles. The molecule has 102 valence electrons. The molecular weight excluding hydrogens is 312 g/mol. The van der Waals surface area contributed by atoms with E-state index in [-0.39, 0.29) is 6.61 Å². The summed E-state index contributed by atoms with van der Waals surface area (Å²) in [6.07, 6.45) is 1.56. The zero-order valence-electron chi connectivity index (χ0n) is 10.5. The summed E-state index contributed by atoms with van der Waals surface area (Å²) in [7, 11) is 0. The highest BCUT2D eigenvalue weighted by atomic mass is 79.9. The van der Waals surface area contributed by atoms with Crippen LogP contribution in [-0.2, 0) is 4.74 Å². The number of carbonyl (C=O) groups excluding carboxylic acids is 2. The van der Waals surface area contributed by atoms with E-state index in [9.17, 15) is 9.59 Å². The predicted molar refractivity (Wildman–Crippen MR) is 77.3 cm³/mol. The van der Waals surface area contributed by atoms with Gasteiger partial charge in [0.15, 0.2) is 0 Å². The molecule has 0 aliphatic rings. The second-order valence-electron chi connectivity index (χ2n) is 3.53. The van der Waals surface area contributed by atoms with Crippen molar-refractivity contribution in [1.82, 2.24) is 5.32 Å². The molecule has 0 atom stereocenters. The number of ether oxygens (including phenoxy) is 1. The van der Waals surface area contributed by atoms with Crippen LogP contribution in [0, 0.1) is 0 Å². The number of hydrogen-bond acceptors (Lipinski definition) is 3. The second-order valence-corrected chi connectivity index (χ2v) is 4.45. The largest absolute Gasteiger partial charge is 0.462 e. The number of amides is 2. The lowest BCUT2D eigenvalue weighted by atomic mass is 10.2. The van der Waals surface area contributed by atoms with Gasteiger partial charge in [-0.25, -0.2) is 9.59 Å². The average molecular weight is 327 g/mol. The smallest absolute Gasteiger partial charge is 0.340 e. The summed E-state index contributed by atoms with van der Waals surface area (Å²) in [6.45, 7) is 5.84. The number of carbonyl (C=O) groups is 2. The summed E-state index contributed by atoms with van der Waals surface area (Å²) in [5.41, 5.74) is 0.688. The number of urea groups is 1. The van der Waals surface area contributed by atoms with E-state index in [0.29, 0.717) is 17.8 Å². The van der Waals surface area contributed by atoms with Crippen LogP contribution < -0.4 is 10.6 Å². The van der Waals surface area contributed by atoms with E-state index >= 15 is 0 Å². The van der Waals surface area contributed by atoms with E-state index in [2.05, 4.69) is 33.1 Å². The van der Waals surface area contributed by atoms with Gasteiger partial charge in [0.05, 0.1) is 17.9 Å². The van der Waals surface area contributed by atoms with Crippen molar-refractivity contribution in [3.8, 4) is 0 Å². The first kappa shape index (κ1) is 15.2. The molecule has 0 bridgehead atoms. The Morgan fingerprint density at radius 2 is 2.21 bits per heavy atom. The molecular formula is C13H15BrN2O3. The minimum absolute atomic E-state index is 0.271. The van der Waals surface area contributed by atoms with Crippen LogP contribution in [0.15, 0.2) is 35.3 Å². The molecule has 0 aliphatic heterocycles. The first-order chi connectivity index (χ1) is 9.08. The van der Waals surface area contributed by atoms with E-state index in [1.165, 1.54) is 0 Å². The van der Waals surface area contributed by atoms with Crippen LogP contribution in [0.25, 0.3) is 0 Å². The summed E-state index contributed by atoms with van der Waals surface area (Å²) in [5.74, 6) is -0.483. The van der Waals surface area contributed by atoms with Gasteiger partial charge in [-0.15, -0.1) is 6.58 Å². The van der Waals surface area contributed by atoms with Crippen LogP contribution in [0.4, 0.5) is 10.5 Å². The number of esters is 1. The Morgan fingerprint density at radius 1 is 1.47 bits per heavy atom. The molecule has 2 amide bonds. The van der Waals surface area contributed by atoms with Gasteiger partial charge < -0.3 is 15.4 Å². The zero-order chi connectivity index (χ0) is 14.3. The third kappa shape index (κ3) is 4.75. The maximum Gasteiger partial charge on any atom is 0.340 e. The predicted octanol–water partition coefficient (Wildman–Crippen LogP) is 2.93. The Morgan fingerprint density at radius 3 is 2.84 bits per heavy atom. The lowest BCUT2D eigenvalue weighted by Gasteiger charge is -2.11. The van der Waals surface area contributed by atoms with Crippen LogP contribution in [0.2, 0.25) is 0 Å². The quantitative estimate of drug-likeness (QED) is 0.645. The maximum absolute atomic E-state index is 11.8. The number of anilines is 1. The molecule has 0 aliphatic carbocycles. The number of benzene rings is 1. The minimum atomic E-state index is -0.483. The van der Waals surface area contributed by atoms with E-state index in [4.69, 9.17) is 4.74 Å². The van der Waals surface area contributed by atoms with Crippen LogP contribution >= 0.6 is 15.9 Å². The molecule has 0 saturated carbocycles. The Labute approximate surface area is 120 Å². The van der Waals surface area contributed by atoms with Gasteiger partial charge in [-0.3, -0.25) is 0 Å². The van der Waals surface area contributed by atoms with Gasteiger partial charge in [0.25, 0.3) is 0 Å². The van der Waals surface area contributed by atoms with Crippen molar-refractivity contribution in [2.75, 3.05) is 18.5 Å². The molecule has 6 heteroatoms. The van der Waals surface area contributed by atoms with E-state index in [0.717, 1.165) is 4.47 Å². The van der Waals surface area contributed by atoms with Crippen LogP contribution in [0.5, 0.6) is 0 Å². The molecule has 0 fully saturated rings. The van der Waals surface area contributed by atoms with Crippen molar-refractivity contribution in [3.05, 3.63) is 40.9 Å². The van der Waals surface area contributed by atoms with Gasteiger partial charge in [-0.1, -0.05) is 22.0 Å². The van der Waals surface area contributed by atoms with Crippen molar-refractivity contribution in [2.45, 2.75) is 6.92 Å². The Balaban J connectivity index is 2.90. The normalized spacial score (nSPS) is 9.58. The first-order valence-electron chi connectivity index (χ1n) is 5.71. The van der Waals surface area contributed by atoms with Crippen molar-refractivity contribution in [1.29, 1.82) is 0 Å². The highest BCUT2D eigenvalue weighted by Gasteiger charge is 2.14. The molecule has 0 saturated heterocycles. The van der Waals surface area contributed by atoms with Gasteiger partial charge in [-0.05, 0) is 25.1 Å². The molecule has 19 heavy (non-hydrogen) atoms. The van der Waals surface area contributed by atoms with Gasteiger partial charge in [0, 0.05) is 11.0 Å². The average Bonchev–Trinajstić information content (AvgIpc) is 2.38. The lowest BCUT2D eigenvalue weighted by Crippen LogP contribution is -2.29.